The van der Waals surface area contributed by atoms with Crippen LogP contribution in [-0.4, -0.2) is 29.2 Å². The Morgan fingerprint density at radius 3 is 2.62 bits per heavy atom. The third-order valence-electron chi connectivity index (χ3n) is 3.12. The van der Waals surface area contributed by atoms with Crippen molar-refractivity contribution in [1.82, 2.24) is 5.32 Å². The number of hydrogen-bond donors (Lipinski definition) is 2. The second-order valence-corrected chi connectivity index (χ2v) is 7.42. The van der Waals surface area contributed by atoms with Gasteiger partial charge in [-0.1, -0.05) is 12.1 Å². The fraction of sp³-hybridized carbons (Fsp3) is 0.562. The van der Waals surface area contributed by atoms with Crippen molar-refractivity contribution < 1.29 is 9.53 Å². The van der Waals surface area contributed by atoms with Crippen LogP contribution in [0.5, 0.6) is 0 Å². The van der Waals surface area contributed by atoms with E-state index in [4.69, 9.17) is 4.74 Å². The second-order valence-electron chi connectivity index (χ2n) is 6.27. The van der Waals surface area contributed by atoms with Gasteiger partial charge >= 0.3 is 6.09 Å². The molecule has 1 fully saturated rings. The van der Waals surface area contributed by atoms with Gasteiger partial charge in [0.05, 0.1) is 0 Å². The monoisotopic (exact) mass is 308 g/mol. The minimum atomic E-state index is -0.479. The zero-order valence-electron chi connectivity index (χ0n) is 12.9. The number of nitrogens with one attached hydrogen (secondary N) is 2. The van der Waals surface area contributed by atoms with Crippen LogP contribution < -0.4 is 10.6 Å². The van der Waals surface area contributed by atoms with E-state index in [0.29, 0.717) is 6.04 Å². The molecule has 4 nitrogen and oxygen atoms in total. The molecule has 1 amide bonds. The van der Waals surface area contributed by atoms with Crippen LogP contribution in [0.1, 0.15) is 32.8 Å². The van der Waals surface area contributed by atoms with E-state index in [1.165, 1.54) is 23.5 Å². The summed E-state index contributed by atoms with van der Waals surface area (Å²) in [5.74, 6) is 2.47. The van der Waals surface area contributed by atoms with Crippen LogP contribution in [0.25, 0.3) is 0 Å². The molecule has 2 rings (SSSR count). The number of thioether (sulfide) groups is 1. The molecule has 1 aromatic rings. The lowest BCUT2D eigenvalue weighted by Crippen LogP contribution is -2.28. The summed E-state index contributed by atoms with van der Waals surface area (Å²) >= 11 is 2.01. The molecule has 1 saturated heterocycles. The quantitative estimate of drug-likeness (QED) is 0.892. The fourth-order valence-electron chi connectivity index (χ4n) is 2.09. The Balaban J connectivity index is 1.79. The van der Waals surface area contributed by atoms with Crippen LogP contribution in [0.4, 0.5) is 10.5 Å². The predicted octanol–water partition coefficient (Wildman–Crippen LogP) is 3.63. The number of rotatable bonds is 4. The summed E-state index contributed by atoms with van der Waals surface area (Å²) in [5.41, 5.74) is 1.50. The van der Waals surface area contributed by atoms with Gasteiger partial charge in [-0.25, -0.2) is 4.79 Å². The molecule has 0 bridgehead atoms. The lowest BCUT2D eigenvalue weighted by Gasteiger charge is -2.19. The van der Waals surface area contributed by atoms with Crippen molar-refractivity contribution in [3.63, 3.8) is 0 Å². The Morgan fingerprint density at radius 2 is 2.05 bits per heavy atom. The molecule has 1 atom stereocenters. The Hall–Kier alpha value is -1.20. The molecule has 1 aliphatic rings. The highest BCUT2D eigenvalue weighted by Crippen LogP contribution is 2.18. The number of amides is 1. The molecule has 1 unspecified atom stereocenters. The maximum Gasteiger partial charge on any atom is 0.412 e. The van der Waals surface area contributed by atoms with Gasteiger partial charge in [-0.05, 0) is 50.6 Å². The molecular formula is C16H24N2O2S. The number of ether oxygens (including phenoxy) is 1. The third-order valence-corrected chi connectivity index (χ3v) is 4.29. The van der Waals surface area contributed by atoms with Gasteiger partial charge in [0.15, 0.2) is 0 Å². The number of anilines is 1. The van der Waals surface area contributed by atoms with E-state index < -0.39 is 11.7 Å². The minimum absolute atomic E-state index is 0.420. The zero-order valence-corrected chi connectivity index (χ0v) is 13.8. The number of benzene rings is 1. The van der Waals surface area contributed by atoms with Gasteiger partial charge in [0.1, 0.15) is 5.60 Å². The van der Waals surface area contributed by atoms with Crippen molar-refractivity contribution in [1.29, 1.82) is 0 Å². The van der Waals surface area contributed by atoms with Crippen LogP contribution >= 0.6 is 11.8 Å². The molecule has 1 heterocycles. The van der Waals surface area contributed by atoms with E-state index in [-0.39, 0.29) is 0 Å². The summed E-state index contributed by atoms with van der Waals surface area (Å²) in [5, 5.41) is 6.29. The van der Waals surface area contributed by atoms with Gasteiger partial charge in [0.25, 0.3) is 0 Å². The van der Waals surface area contributed by atoms with Crippen molar-refractivity contribution in [2.24, 2.45) is 0 Å². The third kappa shape index (κ3) is 5.98. The largest absolute Gasteiger partial charge is 0.444 e. The minimum Gasteiger partial charge on any atom is -0.444 e. The second kappa shape index (κ2) is 7.18. The van der Waals surface area contributed by atoms with E-state index >= 15 is 0 Å². The first-order valence-corrected chi connectivity index (χ1v) is 8.48. The van der Waals surface area contributed by atoms with Crippen molar-refractivity contribution in [2.75, 3.05) is 16.8 Å². The van der Waals surface area contributed by atoms with Gasteiger partial charge in [0.2, 0.25) is 0 Å². The maximum atomic E-state index is 11.7. The molecule has 0 spiro atoms. The van der Waals surface area contributed by atoms with Crippen molar-refractivity contribution in [3.05, 3.63) is 29.8 Å². The first-order chi connectivity index (χ1) is 9.92. The highest BCUT2D eigenvalue weighted by atomic mass is 32.2. The molecule has 21 heavy (non-hydrogen) atoms. The van der Waals surface area contributed by atoms with Crippen molar-refractivity contribution >= 4 is 23.5 Å². The number of carbonyl (C=O) groups excluding carboxylic acids is 1. The average molecular weight is 308 g/mol. The van der Waals surface area contributed by atoms with Gasteiger partial charge < -0.3 is 10.1 Å². The van der Waals surface area contributed by atoms with E-state index in [2.05, 4.69) is 10.6 Å². The van der Waals surface area contributed by atoms with Gasteiger partial charge in [-0.15, -0.1) is 0 Å². The maximum absolute atomic E-state index is 11.7. The normalized spacial score (nSPS) is 18.5. The summed E-state index contributed by atoms with van der Waals surface area (Å²) in [6.45, 7) is 6.42. The van der Waals surface area contributed by atoms with Crippen LogP contribution in [0.3, 0.4) is 0 Å². The Bertz CT molecular complexity index is 462. The molecule has 1 aromatic carbocycles. The molecule has 0 saturated carbocycles. The lowest BCUT2D eigenvalue weighted by atomic mass is 10.2. The molecule has 5 heteroatoms. The van der Waals surface area contributed by atoms with E-state index in [9.17, 15) is 4.79 Å². The predicted molar refractivity (Wildman–Crippen MR) is 88.9 cm³/mol. The molecule has 0 aliphatic carbocycles. The Morgan fingerprint density at radius 1 is 1.33 bits per heavy atom. The van der Waals surface area contributed by atoms with E-state index in [1.807, 2.05) is 56.8 Å². The Kier molecular flexibility index (Phi) is 5.53. The summed E-state index contributed by atoms with van der Waals surface area (Å²) in [4.78, 5) is 11.7. The zero-order chi connectivity index (χ0) is 15.3. The van der Waals surface area contributed by atoms with Crippen molar-refractivity contribution in [2.45, 2.75) is 45.4 Å². The van der Waals surface area contributed by atoms with Gasteiger partial charge in [-0.2, -0.15) is 11.8 Å². The van der Waals surface area contributed by atoms with Gasteiger partial charge in [-0.3, -0.25) is 5.32 Å². The molecule has 0 aromatic heterocycles. The SMILES string of the molecule is CC(C)(C)OC(=O)Nc1ccc(CNC2CCSC2)cc1. The van der Waals surface area contributed by atoms with Crippen LogP contribution in [0.15, 0.2) is 24.3 Å². The first kappa shape index (κ1) is 16.2. The Labute approximate surface area is 131 Å². The summed E-state index contributed by atoms with van der Waals surface area (Å²) in [7, 11) is 0. The smallest absolute Gasteiger partial charge is 0.412 e. The summed E-state index contributed by atoms with van der Waals surface area (Å²) < 4.78 is 5.22. The molecular weight excluding hydrogens is 284 g/mol. The van der Waals surface area contributed by atoms with E-state index in [1.54, 1.807) is 0 Å². The highest BCUT2D eigenvalue weighted by Gasteiger charge is 2.16. The number of hydrogen-bond acceptors (Lipinski definition) is 4. The highest BCUT2D eigenvalue weighted by molar-refractivity contribution is 7.99. The average Bonchev–Trinajstić information content (AvgIpc) is 2.89. The van der Waals surface area contributed by atoms with Gasteiger partial charge in [0, 0.05) is 24.0 Å². The first-order valence-electron chi connectivity index (χ1n) is 7.32. The van der Waals surface area contributed by atoms with Crippen molar-refractivity contribution in [3.8, 4) is 0 Å². The summed E-state index contributed by atoms with van der Waals surface area (Å²) in [6.07, 6.45) is 0.833. The molecule has 0 radical (unpaired) electrons. The molecule has 2 N–H and O–H groups in total. The van der Waals surface area contributed by atoms with Crippen LogP contribution in [-0.2, 0) is 11.3 Å². The topological polar surface area (TPSA) is 50.4 Å². The molecule has 116 valence electrons. The standard InChI is InChI=1S/C16H24N2O2S/c1-16(2,3)20-15(19)18-13-6-4-12(5-7-13)10-17-14-8-9-21-11-14/h4-7,14,17H,8-11H2,1-3H3,(H,18,19). The van der Waals surface area contributed by atoms with Crippen LogP contribution in [0.2, 0.25) is 0 Å². The van der Waals surface area contributed by atoms with Crippen LogP contribution in [0, 0.1) is 0 Å². The lowest BCUT2D eigenvalue weighted by molar-refractivity contribution is 0.0636. The number of carbonyl (C=O) groups is 1. The fourth-order valence-corrected chi connectivity index (χ4v) is 3.27. The molecule has 1 aliphatic heterocycles. The van der Waals surface area contributed by atoms with E-state index in [0.717, 1.165) is 12.2 Å². The summed E-state index contributed by atoms with van der Waals surface area (Å²) in [6, 6.07) is 8.51.